The van der Waals surface area contributed by atoms with Crippen LogP contribution in [0.4, 0.5) is 0 Å². The van der Waals surface area contributed by atoms with Gasteiger partial charge in [0.2, 0.25) is 0 Å². The first-order valence-corrected chi connectivity index (χ1v) is 6.53. The minimum atomic E-state index is -1.09. The van der Waals surface area contributed by atoms with Crippen LogP contribution in [0.3, 0.4) is 0 Å². The molecule has 0 aliphatic carbocycles. The second-order valence-electron chi connectivity index (χ2n) is 4.73. The molecule has 0 bridgehead atoms. The van der Waals surface area contributed by atoms with Gasteiger partial charge in [-0.3, -0.25) is 0 Å². The molecular weight excluding hydrogens is 244 g/mol. The van der Waals surface area contributed by atoms with Crippen molar-refractivity contribution in [3.63, 3.8) is 0 Å². The Morgan fingerprint density at radius 1 is 0.947 bits per heavy atom. The van der Waals surface area contributed by atoms with Gasteiger partial charge in [0, 0.05) is 34.5 Å². The fourth-order valence-corrected chi connectivity index (χ4v) is 3.08. The Morgan fingerprint density at radius 2 is 1.47 bits per heavy atom. The van der Waals surface area contributed by atoms with Crippen LogP contribution in [-0.4, -0.2) is 40.5 Å². The zero-order valence-electron chi connectivity index (χ0n) is 11.8. The lowest BCUT2D eigenvalue weighted by molar-refractivity contribution is -0.394. The van der Waals surface area contributed by atoms with Crippen molar-refractivity contribution in [2.45, 2.75) is 24.2 Å². The van der Waals surface area contributed by atoms with Crippen molar-refractivity contribution in [3.8, 4) is 0 Å². The Hall–Kier alpha value is -0.940. The zero-order chi connectivity index (χ0) is 13.8. The first-order chi connectivity index (χ1) is 9.24. The highest BCUT2D eigenvalue weighted by atomic mass is 16.9. The Kier molecular flexibility index (Phi) is 4.58. The summed E-state index contributed by atoms with van der Waals surface area (Å²) in [6, 6.07) is 10.2. The lowest BCUT2D eigenvalue weighted by atomic mass is 9.71. The summed E-state index contributed by atoms with van der Waals surface area (Å²) in [7, 11) is 4.85. The molecule has 2 rings (SSSR count). The Morgan fingerprint density at radius 3 is 1.95 bits per heavy atom. The molecule has 1 aromatic rings. The minimum absolute atomic E-state index is 0.356. The molecule has 106 valence electrons. The van der Waals surface area contributed by atoms with E-state index in [0.717, 1.165) is 18.4 Å². The molecule has 1 aliphatic heterocycles. The maximum absolute atomic E-state index is 5.63. The molecule has 0 atom stereocenters. The summed E-state index contributed by atoms with van der Waals surface area (Å²) in [5.74, 6) is -1.09. The predicted molar refractivity (Wildman–Crippen MR) is 71.9 cm³/mol. The average molecular weight is 266 g/mol. The van der Waals surface area contributed by atoms with Crippen LogP contribution >= 0.6 is 0 Å². The molecule has 1 aromatic carbocycles. The second kappa shape index (κ2) is 6.01. The van der Waals surface area contributed by atoms with Gasteiger partial charge in [-0.25, -0.2) is 0 Å². The van der Waals surface area contributed by atoms with E-state index in [-0.39, 0.29) is 5.41 Å². The van der Waals surface area contributed by atoms with Crippen molar-refractivity contribution >= 4 is 0 Å². The number of ether oxygens (including phenoxy) is 4. The lowest BCUT2D eigenvalue weighted by Gasteiger charge is -2.48. The molecule has 0 aromatic heterocycles. The maximum atomic E-state index is 5.63. The largest absolute Gasteiger partial charge is 0.381 e. The summed E-state index contributed by atoms with van der Waals surface area (Å²) in [5.41, 5.74) is 0.800. The van der Waals surface area contributed by atoms with Crippen molar-refractivity contribution in [2.24, 2.45) is 0 Å². The fraction of sp³-hybridized carbons (Fsp3) is 0.600. The van der Waals surface area contributed by atoms with E-state index < -0.39 is 5.97 Å². The summed E-state index contributed by atoms with van der Waals surface area (Å²) in [6.07, 6.45) is 1.60. The van der Waals surface area contributed by atoms with Crippen molar-refractivity contribution in [1.82, 2.24) is 0 Å². The van der Waals surface area contributed by atoms with Crippen molar-refractivity contribution in [3.05, 3.63) is 35.9 Å². The molecule has 1 saturated heterocycles. The predicted octanol–water partition coefficient (Wildman–Crippen LogP) is 2.33. The third-order valence-electron chi connectivity index (χ3n) is 4.07. The fourth-order valence-electron chi connectivity index (χ4n) is 3.08. The van der Waals surface area contributed by atoms with Gasteiger partial charge < -0.3 is 18.9 Å². The van der Waals surface area contributed by atoms with Crippen LogP contribution in [0.2, 0.25) is 0 Å². The highest BCUT2D eigenvalue weighted by molar-refractivity contribution is 5.28. The van der Waals surface area contributed by atoms with E-state index in [1.807, 2.05) is 18.2 Å². The van der Waals surface area contributed by atoms with Crippen LogP contribution in [-0.2, 0) is 24.4 Å². The van der Waals surface area contributed by atoms with Gasteiger partial charge in [-0.05, 0) is 18.4 Å². The third kappa shape index (κ3) is 2.30. The first kappa shape index (κ1) is 14.5. The molecule has 1 heterocycles. The normalized spacial score (nSPS) is 19.3. The van der Waals surface area contributed by atoms with E-state index in [1.54, 1.807) is 21.3 Å². The maximum Gasteiger partial charge on any atom is 0.292 e. The number of benzene rings is 1. The highest BCUT2D eigenvalue weighted by Crippen LogP contribution is 2.46. The summed E-state index contributed by atoms with van der Waals surface area (Å²) in [4.78, 5) is 0. The van der Waals surface area contributed by atoms with Gasteiger partial charge in [0.15, 0.2) is 0 Å². The minimum Gasteiger partial charge on any atom is -0.381 e. The molecule has 1 aliphatic rings. The van der Waals surface area contributed by atoms with E-state index in [0.29, 0.717) is 13.2 Å². The van der Waals surface area contributed by atoms with Gasteiger partial charge in [0.05, 0.1) is 5.41 Å². The standard InChI is InChI=1S/C15H22O4/c1-16-15(17-2,18-3)14(9-11-19-12-10-14)13-7-5-4-6-8-13/h4-8H,9-12H2,1-3H3. The molecule has 1 fully saturated rings. The molecule has 19 heavy (non-hydrogen) atoms. The van der Waals surface area contributed by atoms with Crippen LogP contribution in [0.15, 0.2) is 30.3 Å². The molecule has 0 radical (unpaired) electrons. The van der Waals surface area contributed by atoms with Gasteiger partial charge in [-0.2, -0.15) is 0 Å². The van der Waals surface area contributed by atoms with E-state index >= 15 is 0 Å². The number of hydrogen-bond acceptors (Lipinski definition) is 4. The molecular formula is C15H22O4. The topological polar surface area (TPSA) is 36.9 Å². The molecule has 0 spiro atoms. The SMILES string of the molecule is COC(OC)(OC)C1(c2ccccc2)CCOCC1. The van der Waals surface area contributed by atoms with Crippen LogP contribution in [0.1, 0.15) is 18.4 Å². The Balaban J connectivity index is 2.51. The highest BCUT2D eigenvalue weighted by Gasteiger charge is 2.55. The number of rotatable bonds is 5. The molecule has 0 unspecified atom stereocenters. The average Bonchev–Trinajstić information content (AvgIpc) is 2.51. The van der Waals surface area contributed by atoms with Gasteiger partial charge >= 0.3 is 0 Å². The van der Waals surface area contributed by atoms with E-state index in [2.05, 4.69) is 12.1 Å². The van der Waals surface area contributed by atoms with Crippen molar-refractivity contribution in [2.75, 3.05) is 34.5 Å². The summed E-state index contributed by atoms with van der Waals surface area (Å²) >= 11 is 0. The van der Waals surface area contributed by atoms with E-state index in [1.165, 1.54) is 0 Å². The summed E-state index contributed by atoms with van der Waals surface area (Å²) < 4.78 is 22.4. The summed E-state index contributed by atoms with van der Waals surface area (Å²) in [5, 5.41) is 0. The van der Waals surface area contributed by atoms with Gasteiger partial charge in [-0.1, -0.05) is 30.3 Å². The van der Waals surface area contributed by atoms with Crippen LogP contribution in [0.5, 0.6) is 0 Å². The third-order valence-corrected chi connectivity index (χ3v) is 4.07. The van der Waals surface area contributed by atoms with E-state index in [9.17, 15) is 0 Å². The zero-order valence-corrected chi connectivity index (χ0v) is 11.8. The molecule has 0 saturated carbocycles. The molecule has 0 N–H and O–H groups in total. The van der Waals surface area contributed by atoms with Gasteiger partial charge in [-0.15, -0.1) is 0 Å². The van der Waals surface area contributed by atoms with Crippen LogP contribution in [0.25, 0.3) is 0 Å². The van der Waals surface area contributed by atoms with Crippen LogP contribution in [0, 0.1) is 0 Å². The number of hydrogen-bond donors (Lipinski definition) is 0. The smallest absolute Gasteiger partial charge is 0.292 e. The van der Waals surface area contributed by atoms with Crippen molar-refractivity contribution in [1.29, 1.82) is 0 Å². The number of methoxy groups -OCH3 is 3. The molecule has 0 amide bonds. The first-order valence-electron chi connectivity index (χ1n) is 6.53. The molecule has 4 nitrogen and oxygen atoms in total. The monoisotopic (exact) mass is 266 g/mol. The van der Waals surface area contributed by atoms with E-state index in [4.69, 9.17) is 18.9 Å². The van der Waals surface area contributed by atoms with Crippen LogP contribution < -0.4 is 0 Å². The van der Waals surface area contributed by atoms with Gasteiger partial charge in [0.1, 0.15) is 0 Å². The molecule has 4 heteroatoms. The Labute approximate surface area is 114 Å². The van der Waals surface area contributed by atoms with Crippen molar-refractivity contribution < 1.29 is 18.9 Å². The van der Waals surface area contributed by atoms with Gasteiger partial charge in [0.25, 0.3) is 5.97 Å². The lowest BCUT2D eigenvalue weighted by Crippen LogP contribution is -2.58. The Bertz CT molecular complexity index is 372. The second-order valence-corrected chi connectivity index (χ2v) is 4.73. The quantitative estimate of drug-likeness (QED) is 0.766. The summed E-state index contributed by atoms with van der Waals surface area (Å²) in [6.45, 7) is 1.35.